The average molecular weight is 568 g/mol. The third kappa shape index (κ3) is 8.60. The van der Waals surface area contributed by atoms with Gasteiger partial charge in [-0.1, -0.05) is 38.3 Å². The van der Waals surface area contributed by atoms with Gasteiger partial charge in [0, 0.05) is 32.2 Å². The van der Waals surface area contributed by atoms with E-state index in [-0.39, 0.29) is 35.8 Å². The van der Waals surface area contributed by atoms with Crippen LogP contribution in [0.15, 0.2) is 35.6 Å². The molecule has 2 aromatic rings. The predicted molar refractivity (Wildman–Crippen MR) is 144 cm³/mol. The second-order valence-electron chi connectivity index (χ2n) is 8.63. The van der Waals surface area contributed by atoms with Crippen molar-refractivity contribution in [2.24, 2.45) is 23.9 Å². The van der Waals surface area contributed by atoms with Crippen LogP contribution < -0.4 is 16.0 Å². The summed E-state index contributed by atoms with van der Waals surface area (Å²) in [6, 6.07) is 8.00. The summed E-state index contributed by atoms with van der Waals surface area (Å²) in [6.07, 6.45) is 9.84. The predicted octanol–water partition coefficient (Wildman–Crippen LogP) is 4.23. The summed E-state index contributed by atoms with van der Waals surface area (Å²) >= 11 is 0. The first kappa shape index (κ1) is 27.1. The third-order valence-corrected chi connectivity index (χ3v) is 6.31. The van der Waals surface area contributed by atoms with Crippen LogP contribution in [-0.4, -0.2) is 33.7 Å². The summed E-state index contributed by atoms with van der Waals surface area (Å²) in [4.78, 5) is 21.1. The monoisotopic (exact) mass is 567 g/mol. The van der Waals surface area contributed by atoms with Gasteiger partial charge in [0.15, 0.2) is 5.96 Å². The molecule has 0 radical (unpaired) electrons. The molecule has 1 aromatic heterocycles. The molecule has 1 aliphatic rings. The smallest absolute Gasteiger partial charge is 0.227 e. The van der Waals surface area contributed by atoms with Crippen molar-refractivity contribution in [3.8, 4) is 0 Å². The molecule has 3 rings (SSSR count). The van der Waals surface area contributed by atoms with Crippen LogP contribution in [-0.2, 0) is 24.9 Å². The van der Waals surface area contributed by atoms with E-state index in [0.717, 1.165) is 35.8 Å². The minimum absolute atomic E-state index is 0. The van der Waals surface area contributed by atoms with E-state index >= 15 is 0 Å². The summed E-state index contributed by atoms with van der Waals surface area (Å²) in [6.45, 7) is 3.42. The van der Waals surface area contributed by atoms with Crippen molar-refractivity contribution in [1.29, 1.82) is 0 Å². The molecule has 1 saturated carbocycles. The largest absolute Gasteiger partial charge is 0.352 e. The summed E-state index contributed by atoms with van der Waals surface area (Å²) in [5.41, 5.74) is 1.97. The topological polar surface area (TPSA) is 96.2 Å². The quantitative estimate of drug-likeness (QED) is 0.240. The Morgan fingerprint density at radius 1 is 1.12 bits per heavy atom. The fourth-order valence-corrected chi connectivity index (χ4v) is 4.21. The lowest BCUT2D eigenvalue weighted by Crippen LogP contribution is -2.36. The number of rotatable bonds is 9. The number of aromatic nitrogens is 3. The number of aliphatic imine (C=N–C) groups is 1. The van der Waals surface area contributed by atoms with Crippen molar-refractivity contribution in [2.45, 2.75) is 65.0 Å². The highest BCUT2D eigenvalue weighted by molar-refractivity contribution is 14.0. The zero-order valence-electron chi connectivity index (χ0n) is 20.0. The van der Waals surface area contributed by atoms with Crippen molar-refractivity contribution in [2.75, 3.05) is 12.4 Å². The van der Waals surface area contributed by atoms with Crippen LogP contribution in [0.3, 0.4) is 0 Å². The van der Waals surface area contributed by atoms with Gasteiger partial charge >= 0.3 is 0 Å². The Kier molecular flexibility index (Phi) is 11.6. The third-order valence-electron chi connectivity index (χ3n) is 6.31. The van der Waals surface area contributed by atoms with Gasteiger partial charge in [-0.15, -0.1) is 24.0 Å². The Morgan fingerprint density at radius 2 is 1.82 bits per heavy atom. The van der Waals surface area contributed by atoms with Crippen LogP contribution in [0.25, 0.3) is 0 Å². The average Bonchev–Trinajstić information content (AvgIpc) is 3.23. The Hall–Kier alpha value is -2.17. The number of unbranched alkanes of at least 4 members (excludes halogenated alkanes) is 1. The lowest BCUT2D eigenvalue weighted by atomic mass is 9.79. The molecule has 1 fully saturated rings. The van der Waals surface area contributed by atoms with Crippen molar-refractivity contribution < 1.29 is 4.79 Å². The number of hydrogen-bond acceptors (Lipinski definition) is 4. The summed E-state index contributed by atoms with van der Waals surface area (Å²) in [5, 5.41) is 13.7. The first-order chi connectivity index (χ1) is 15.6. The fraction of sp³-hybridized carbons (Fsp3) is 0.583. The lowest BCUT2D eigenvalue weighted by molar-refractivity contribution is -0.121. The zero-order chi connectivity index (χ0) is 22.8. The number of carbonyl (C=O) groups excluding carboxylic acids is 1. The van der Waals surface area contributed by atoms with Crippen LogP contribution in [0.2, 0.25) is 0 Å². The fourth-order valence-electron chi connectivity index (χ4n) is 4.21. The number of anilines is 1. The van der Waals surface area contributed by atoms with Gasteiger partial charge in [0.1, 0.15) is 12.2 Å². The van der Waals surface area contributed by atoms with E-state index in [9.17, 15) is 4.79 Å². The Balaban J connectivity index is 0.00000385. The molecular formula is C24H38IN7O. The highest BCUT2D eigenvalue weighted by atomic mass is 127. The first-order valence-corrected chi connectivity index (χ1v) is 11.8. The molecule has 1 aliphatic carbocycles. The number of halogens is 1. The highest BCUT2D eigenvalue weighted by Gasteiger charge is 2.25. The number of guanidine groups is 1. The number of nitrogens with one attached hydrogen (secondary N) is 3. The molecule has 182 valence electrons. The maximum absolute atomic E-state index is 12.7. The number of aryl methyl sites for hydroxylation is 1. The number of amides is 1. The molecule has 0 spiro atoms. The Morgan fingerprint density at radius 3 is 2.42 bits per heavy atom. The van der Waals surface area contributed by atoms with Gasteiger partial charge in [-0.2, -0.15) is 5.10 Å². The molecule has 8 nitrogen and oxygen atoms in total. The van der Waals surface area contributed by atoms with E-state index in [1.165, 1.54) is 38.4 Å². The molecule has 33 heavy (non-hydrogen) atoms. The van der Waals surface area contributed by atoms with Crippen LogP contribution in [0, 0.1) is 11.8 Å². The molecule has 1 amide bonds. The minimum atomic E-state index is 0. The van der Waals surface area contributed by atoms with Gasteiger partial charge in [0.05, 0.1) is 6.54 Å². The molecule has 1 heterocycles. The van der Waals surface area contributed by atoms with E-state index in [4.69, 9.17) is 0 Å². The number of hydrogen-bond donors (Lipinski definition) is 3. The molecule has 1 aromatic carbocycles. The van der Waals surface area contributed by atoms with Crippen molar-refractivity contribution in [3.05, 3.63) is 42.0 Å². The van der Waals surface area contributed by atoms with Crippen molar-refractivity contribution in [1.82, 2.24) is 25.4 Å². The van der Waals surface area contributed by atoms with Crippen LogP contribution in [0.1, 0.15) is 63.3 Å². The van der Waals surface area contributed by atoms with E-state index in [2.05, 4.69) is 37.9 Å². The van der Waals surface area contributed by atoms with Gasteiger partial charge in [-0.05, 0) is 49.3 Å². The Bertz CT molecular complexity index is 873. The van der Waals surface area contributed by atoms with Crippen LogP contribution in [0.4, 0.5) is 5.69 Å². The van der Waals surface area contributed by atoms with E-state index in [1.54, 1.807) is 11.7 Å². The molecule has 0 aliphatic heterocycles. The van der Waals surface area contributed by atoms with Crippen molar-refractivity contribution >= 4 is 41.5 Å². The summed E-state index contributed by atoms with van der Waals surface area (Å²) < 4.78 is 1.73. The van der Waals surface area contributed by atoms with E-state index in [1.807, 2.05) is 31.3 Å². The summed E-state index contributed by atoms with van der Waals surface area (Å²) in [7, 11) is 3.60. The van der Waals surface area contributed by atoms with Gasteiger partial charge in [0.25, 0.3) is 0 Å². The molecule has 0 unspecified atom stereocenters. The molecule has 9 heteroatoms. The van der Waals surface area contributed by atoms with E-state index < -0.39 is 0 Å². The minimum Gasteiger partial charge on any atom is -0.352 e. The van der Waals surface area contributed by atoms with Gasteiger partial charge in [-0.3, -0.25) is 14.5 Å². The lowest BCUT2D eigenvalue weighted by Gasteiger charge is -2.27. The second kappa shape index (κ2) is 14.2. The molecule has 0 saturated heterocycles. The SMILES string of the molecule is CCCCC1CCC(C(=O)Nc2ccc(CNC(=NC)NCc3ncnn3C)cc2)CC1.I. The molecule has 0 bridgehead atoms. The van der Waals surface area contributed by atoms with Crippen LogP contribution >= 0.6 is 24.0 Å². The van der Waals surface area contributed by atoms with Crippen molar-refractivity contribution in [3.63, 3.8) is 0 Å². The zero-order valence-corrected chi connectivity index (χ0v) is 22.3. The second-order valence-corrected chi connectivity index (χ2v) is 8.63. The van der Waals surface area contributed by atoms with E-state index in [0.29, 0.717) is 19.0 Å². The number of benzene rings is 1. The van der Waals surface area contributed by atoms with Gasteiger partial charge < -0.3 is 16.0 Å². The van der Waals surface area contributed by atoms with Gasteiger partial charge in [0.2, 0.25) is 5.91 Å². The Labute approximate surface area is 214 Å². The molecular weight excluding hydrogens is 529 g/mol. The van der Waals surface area contributed by atoms with Gasteiger partial charge in [-0.25, -0.2) is 4.98 Å². The number of carbonyl (C=O) groups is 1. The standard InChI is InChI=1S/C24H37N7O.HI/c1-4-5-6-18-7-11-20(12-8-18)23(32)30-21-13-9-19(10-14-21)15-26-24(25-2)27-16-22-28-17-29-31(22)3;/h9-10,13-14,17-18,20H,4-8,11-12,15-16H2,1-3H3,(H,30,32)(H2,25,26,27);1H. The summed E-state index contributed by atoms with van der Waals surface area (Å²) in [5.74, 6) is 2.66. The maximum Gasteiger partial charge on any atom is 0.227 e. The first-order valence-electron chi connectivity index (χ1n) is 11.8. The maximum atomic E-state index is 12.7. The highest BCUT2D eigenvalue weighted by Crippen LogP contribution is 2.32. The number of nitrogens with zero attached hydrogens (tertiary/aromatic N) is 4. The molecule has 0 atom stereocenters. The molecule has 3 N–H and O–H groups in total. The van der Waals surface area contributed by atoms with Crippen LogP contribution in [0.5, 0.6) is 0 Å². The normalized spacial score (nSPS) is 18.3.